The van der Waals surface area contributed by atoms with Crippen LogP contribution in [0.2, 0.25) is 0 Å². The fraction of sp³-hybridized carbons (Fsp3) is 0.333. The van der Waals surface area contributed by atoms with Gasteiger partial charge in [-0.3, -0.25) is 14.7 Å². The average Bonchev–Trinajstić information content (AvgIpc) is 3.41. The molecule has 0 bridgehead atoms. The van der Waals surface area contributed by atoms with Crippen LogP contribution in [0.25, 0.3) is 10.9 Å². The minimum absolute atomic E-state index is 0.0243. The molecule has 1 N–H and O–H groups in total. The standard InChI is InChI=1S/C21H23N3O/c1-14-8-15(2)20-17(9-14)10-18(21(25)23-20)13-24(19-5-6-19)12-16-4-3-7-22-11-16/h3-4,7-11,19H,5-6,12-13H2,1-2H3,(H,23,25). The maximum Gasteiger partial charge on any atom is 0.252 e. The molecule has 1 aromatic carbocycles. The van der Waals surface area contributed by atoms with Gasteiger partial charge in [-0.2, -0.15) is 0 Å². The SMILES string of the molecule is Cc1cc(C)c2[nH]c(=O)c(CN(Cc3cccnc3)C3CC3)cc2c1. The van der Waals surface area contributed by atoms with Crippen LogP contribution in [0.3, 0.4) is 0 Å². The maximum atomic E-state index is 12.6. The Morgan fingerprint density at radius 2 is 2.04 bits per heavy atom. The van der Waals surface area contributed by atoms with Crippen molar-refractivity contribution in [2.45, 2.75) is 45.8 Å². The van der Waals surface area contributed by atoms with Gasteiger partial charge in [0.15, 0.2) is 0 Å². The van der Waals surface area contributed by atoms with E-state index in [-0.39, 0.29) is 5.56 Å². The van der Waals surface area contributed by atoms with Crippen LogP contribution in [-0.4, -0.2) is 20.9 Å². The molecule has 0 spiro atoms. The normalized spacial score (nSPS) is 14.4. The molecular formula is C21H23N3O. The van der Waals surface area contributed by atoms with Crippen LogP contribution in [-0.2, 0) is 13.1 Å². The molecule has 1 fully saturated rings. The van der Waals surface area contributed by atoms with Gasteiger partial charge in [0.2, 0.25) is 0 Å². The molecule has 1 saturated carbocycles. The number of nitrogens with zero attached hydrogens (tertiary/aromatic N) is 2. The van der Waals surface area contributed by atoms with Gasteiger partial charge in [-0.25, -0.2) is 0 Å². The summed E-state index contributed by atoms with van der Waals surface area (Å²) in [6, 6.07) is 11.0. The number of hydrogen-bond acceptors (Lipinski definition) is 3. The van der Waals surface area contributed by atoms with Gasteiger partial charge in [0.25, 0.3) is 5.56 Å². The highest BCUT2D eigenvalue weighted by molar-refractivity contribution is 5.82. The number of hydrogen-bond donors (Lipinski definition) is 1. The molecule has 0 radical (unpaired) electrons. The number of nitrogens with one attached hydrogen (secondary N) is 1. The smallest absolute Gasteiger partial charge is 0.252 e. The van der Waals surface area contributed by atoms with E-state index in [1.807, 2.05) is 19.2 Å². The molecule has 4 nitrogen and oxygen atoms in total. The molecule has 128 valence electrons. The quantitative estimate of drug-likeness (QED) is 0.774. The molecule has 4 heteroatoms. The van der Waals surface area contributed by atoms with Crippen molar-refractivity contribution in [3.05, 3.63) is 75.3 Å². The highest BCUT2D eigenvalue weighted by Gasteiger charge is 2.29. The zero-order chi connectivity index (χ0) is 17.4. The zero-order valence-corrected chi connectivity index (χ0v) is 14.7. The highest BCUT2D eigenvalue weighted by Crippen LogP contribution is 2.29. The summed E-state index contributed by atoms with van der Waals surface area (Å²) >= 11 is 0. The van der Waals surface area contributed by atoms with Crippen molar-refractivity contribution in [2.75, 3.05) is 0 Å². The van der Waals surface area contributed by atoms with E-state index in [0.29, 0.717) is 12.6 Å². The minimum Gasteiger partial charge on any atom is -0.321 e. The average molecular weight is 333 g/mol. The first-order chi connectivity index (χ1) is 12.1. The Hall–Kier alpha value is -2.46. The Morgan fingerprint density at radius 1 is 1.20 bits per heavy atom. The first-order valence-corrected chi connectivity index (χ1v) is 8.86. The Morgan fingerprint density at radius 3 is 2.76 bits per heavy atom. The van der Waals surface area contributed by atoms with Crippen molar-refractivity contribution >= 4 is 10.9 Å². The first-order valence-electron chi connectivity index (χ1n) is 8.86. The van der Waals surface area contributed by atoms with Gasteiger partial charge in [0.1, 0.15) is 0 Å². The fourth-order valence-electron chi connectivity index (χ4n) is 3.55. The lowest BCUT2D eigenvalue weighted by molar-refractivity contribution is 0.244. The molecule has 0 aliphatic heterocycles. The van der Waals surface area contributed by atoms with Crippen LogP contribution in [0.15, 0.2) is 47.5 Å². The molecule has 2 heterocycles. The third-order valence-corrected chi connectivity index (χ3v) is 4.92. The second kappa shape index (κ2) is 6.45. The van der Waals surface area contributed by atoms with E-state index in [1.165, 1.54) is 24.0 Å². The third-order valence-electron chi connectivity index (χ3n) is 4.92. The lowest BCUT2D eigenvalue weighted by atomic mass is 10.0. The number of benzene rings is 1. The van der Waals surface area contributed by atoms with Gasteiger partial charge in [-0.1, -0.05) is 17.7 Å². The number of aromatic nitrogens is 2. The molecule has 0 unspecified atom stereocenters. The Balaban J connectivity index is 1.66. The number of pyridine rings is 2. The van der Waals surface area contributed by atoms with Crippen molar-refractivity contribution < 1.29 is 0 Å². The van der Waals surface area contributed by atoms with Gasteiger partial charge < -0.3 is 4.98 Å². The molecule has 0 saturated heterocycles. The van der Waals surface area contributed by atoms with Crippen LogP contribution in [0.5, 0.6) is 0 Å². The van der Waals surface area contributed by atoms with E-state index in [4.69, 9.17) is 0 Å². The fourth-order valence-corrected chi connectivity index (χ4v) is 3.55. The molecule has 4 rings (SSSR count). The number of fused-ring (bicyclic) bond motifs is 1. The maximum absolute atomic E-state index is 12.6. The number of aromatic amines is 1. The summed E-state index contributed by atoms with van der Waals surface area (Å²) in [5.41, 5.74) is 5.35. The van der Waals surface area contributed by atoms with Crippen LogP contribution < -0.4 is 5.56 Å². The third kappa shape index (κ3) is 3.49. The van der Waals surface area contributed by atoms with Crippen molar-refractivity contribution in [3.8, 4) is 0 Å². The van der Waals surface area contributed by atoms with E-state index in [0.717, 1.165) is 28.6 Å². The topological polar surface area (TPSA) is 49.0 Å². The van der Waals surface area contributed by atoms with Gasteiger partial charge in [-0.15, -0.1) is 0 Å². The Bertz CT molecular complexity index is 958. The lowest BCUT2D eigenvalue weighted by Gasteiger charge is -2.22. The molecule has 25 heavy (non-hydrogen) atoms. The largest absolute Gasteiger partial charge is 0.321 e. The summed E-state index contributed by atoms with van der Waals surface area (Å²) in [6.45, 7) is 5.65. The highest BCUT2D eigenvalue weighted by atomic mass is 16.1. The van der Waals surface area contributed by atoms with Gasteiger partial charge >= 0.3 is 0 Å². The van der Waals surface area contributed by atoms with Gasteiger partial charge in [-0.05, 0) is 61.4 Å². The van der Waals surface area contributed by atoms with Crippen LogP contribution in [0.1, 0.15) is 35.1 Å². The summed E-state index contributed by atoms with van der Waals surface area (Å²) in [5.74, 6) is 0. The zero-order valence-electron chi connectivity index (χ0n) is 14.7. The van der Waals surface area contributed by atoms with Crippen LogP contribution in [0.4, 0.5) is 0 Å². The van der Waals surface area contributed by atoms with E-state index >= 15 is 0 Å². The van der Waals surface area contributed by atoms with Crippen molar-refractivity contribution in [2.24, 2.45) is 0 Å². The van der Waals surface area contributed by atoms with Crippen molar-refractivity contribution in [3.63, 3.8) is 0 Å². The summed E-state index contributed by atoms with van der Waals surface area (Å²) in [4.78, 5) is 22.3. The second-order valence-electron chi connectivity index (χ2n) is 7.17. The predicted molar refractivity (Wildman–Crippen MR) is 101 cm³/mol. The molecule has 1 aliphatic carbocycles. The Kier molecular flexibility index (Phi) is 4.14. The molecule has 1 aliphatic rings. The monoisotopic (exact) mass is 333 g/mol. The van der Waals surface area contributed by atoms with Crippen molar-refractivity contribution in [1.29, 1.82) is 0 Å². The number of H-pyrrole nitrogens is 1. The van der Waals surface area contributed by atoms with E-state index < -0.39 is 0 Å². The second-order valence-corrected chi connectivity index (χ2v) is 7.17. The van der Waals surface area contributed by atoms with Crippen LogP contribution >= 0.6 is 0 Å². The molecule has 3 aromatic rings. The molecular weight excluding hydrogens is 310 g/mol. The predicted octanol–water partition coefficient (Wildman–Crippen LogP) is 3.70. The van der Waals surface area contributed by atoms with Crippen molar-refractivity contribution in [1.82, 2.24) is 14.9 Å². The summed E-state index contributed by atoms with van der Waals surface area (Å²) in [5, 5.41) is 1.12. The lowest BCUT2D eigenvalue weighted by Crippen LogP contribution is -2.28. The van der Waals surface area contributed by atoms with E-state index in [2.05, 4.69) is 46.1 Å². The first kappa shape index (κ1) is 16.0. The van der Waals surface area contributed by atoms with E-state index in [9.17, 15) is 4.79 Å². The molecule has 0 amide bonds. The summed E-state index contributed by atoms with van der Waals surface area (Å²) in [7, 11) is 0. The molecule has 2 aromatic heterocycles. The van der Waals surface area contributed by atoms with Gasteiger partial charge in [0, 0.05) is 37.1 Å². The van der Waals surface area contributed by atoms with Gasteiger partial charge in [0.05, 0.1) is 5.52 Å². The number of rotatable bonds is 5. The Labute approximate surface area is 147 Å². The van der Waals surface area contributed by atoms with E-state index in [1.54, 1.807) is 6.20 Å². The number of aryl methyl sites for hydroxylation is 2. The summed E-state index contributed by atoms with van der Waals surface area (Å²) in [6.07, 6.45) is 6.13. The minimum atomic E-state index is 0.0243. The molecule has 0 atom stereocenters. The van der Waals surface area contributed by atoms with Crippen LogP contribution in [0, 0.1) is 13.8 Å². The summed E-state index contributed by atoms with van der Waals surface area (Å²) < 4.78 is 0.